The minimum atomic E-state index is -3.81. The molecule has 0 aliphatic heterocycles. The molecule has 0 spiro atoms. The Morgan fingerprint density at radius 1 is 0.846 bits per heavy atom. The zero-order valence-electron chi connectivity index (χ0n) is 16.4. The largest absolute Gasteiger partial charge is 1.00 e. The molecule has 0 aromatic heterocycles. The molecule has 0 aliphatic rings. The fraction of sp³-hybridized carbons (Fsp3) is 0.400. The van der Waals surface area contributed by atoms with Crippen molar-refractivity contribution in [1.82, 2.24) is 0 Å². The zero-order valence-corrected chi connectivity index (χ0v) is 18.2. The molecular formula is C20H27NaO4S. The van der Waals surface area contributed by atoms with E-state index in [0.717, 1.165) is 43.4 Å². The van der Waals surface area contributed by atoms with Crippen molar-refractivity contribution in [3.8, 4) is 5.75 Å². The minimum Gasteiger partial charge on any atom is -1.00 e. The van der Waals surface area contributed by atoms with Crippen LogP contribution in [-0.4, -0.2) is 18.7 Å². The Morgan fingerprint density at radius 2 is 1.46 bits per heavy atom. The Kier molecular flexibility index (Phi) is 11.2. The van der Waals surface area contributed by atoms with Gasteiger partial charge in [0.1, 0.15) is 12.4 Å². The summed E-state index contributed by atoms with van der Waals surface area (Å²) >= 11 is 0. The fourth-order valence-electron chi connectivity index (χ4n) is 2.72. The summed E-state index contributed by atoms with van der Waals surface area (Å²) in [5, 5.41) is 0. The van der Waals surface area contributed by atoms with Crippen LogP contribution >= 0.6 is 0 Å². The molecule has 0 atom stereocenters. The Morgan fingerprint density at radius 3 is 2.19 bits per heavy atom. The molecule has 2 aromatic rings. The van der Waals surface area contributed by atoms with E-state index < -0.39 is 10.1 Å². The van der Waals surface area contributed by atoms with E-state index in [4.69, 9.17) is 9.29 Å². The van der Waals surface area contributed by atoms with Crippen LogP contribution in [0.4, 0.5) is 0 Å². The number of rotatable bonds is 11. The fourth-order valence-corrected chi connectivity index (χ4v) is 3.29. The Bertz CT molecular complexity index is 739. The van der Waals surface area contributed by atoms with Gasteiger partial charge in [0.15, 0.2) is 0 Å². The Hall–Kier alpha value is -0.850. The quantitative estimate of drug-likeness (QED) is 0.363. The average Bonchev–Trinajstić information content (AvgIpc) is 2.60. The summed E-state index contributed by atoms with van der Waals surface area (Å²) in [4.78, 5) is 0. The Balaban J connectivity index is 0.00000338. The van der Waals surface area contributed by atoms with Gasteiger partial charge in [0.2, 0.25) is 0 Å². The van der Waals surface area contributed by atoms with Crippen molar-refractivity contribution in [2.75, 3.05) is 5.75 Å². The van der Waals surface area contributed by atoms with Crippen molar-refractivity contribution in [3.05, 3.63) is 65.7 Å². The molecule has 4 nitrogen and oxygen atoms in total. The molecule has 1 N–H and O–H groups in total. The maximum absolute atomic E-state index is 10.6. The second-order valence-electron chi connectivity index (χ2n) is 6.19. The summed E-state index contributed by atoms with van der Waals surface area (Å²) < 4.78 is 35.9. The molecule has 0 heterocycles. The molecule has 0 saturated carbocycles. The van der Waals surface area contributed by atoms with Gasteiger partial charge in [-0.2, -0.15) is 8.42 Å². The summed E-state index contributed by atoms with van der Waals surface area (Å²) in [6.07, 6.45) is 5.35. The zero-order chi connectivity index (χ0) is 18.0. The van der Waals surface area contributed by atoms with E-state index in [1.807, 2.05) is 36.4 Å². The minimum absolute atomic E-state index is 0. The first kappa shape index (κ1) is 23.2. The van der Waals surface area contributed by atoms with Crippen molar-refractivity contribution < 1.29 is 48.7 Å². The molecule has 0 aliphatic carbocycles. The second-order valence-corrected chi connectivity index (χ2v) is 7.76. The van der Waals surface area contributed by atoms with Crippen LogP contribution in [0.2, 0.25) is 0 Å². The molecule has 0 radical (unpaired) electrons. The van der Waals surface area contributed by atoms with Crippen LogP contribution in [0.3, 0.4) is 0 Å². The standard InChI is InChI=1S/C20H26O4S.Na.H/c21-25(22,23)16-10-3-1-2-7-13-19-14-8-9-15-20(19)24-17-18-11-5-4-6-12-18;;/h4-6,8-9,11-12,14-15H,1-3,7,10,13,16-17H2,(H,21,22,23);;/q;+1;-1. The Labute approximate surface area is 180 Å². The van der Waals surface area contributed by atoms with E-state index in [0.29, 0.717) is 13.0 Å². The van der Waals surface area contributed by atoms with E-state index in [-0.39, 0.29) is 36.7 Å². The van der Waals surface area contributed by atoms with Gasteiger partial charge in [0.25, 0.3) is 10.1 Å². The van der Waals surface area contributed by atoms with Gasteiger partial charge in [-0.25, -0.2) is 0 Å². The number of unbranched alkanes of at least 4 members (excludes halogenated alkanes) is 4. The van der Waals surface area contributed by atoms with Gasteiger partial charge >= 0.3 is 29.6 Å². The van der Waals surface area contributed by atoms with Gasteiger partial charge < -0.3 is 6.16 Å². The van der Waals surface area contributed by atoms with Crippen LogP contribution in [0.25, 0.3) is 0 Å². The third-order valence-electron chi connectivity index (χ3n) is 4.06. The topological polar surface area (TPSA) is 63.6 Å². The monoisotopic (exact) mass is 386 g/mol. The van der Waals surface area contributed by atoms with E-state index in [1.165, 1.54) is 5.56 Å². The smallest absolute Gasteiger partial charge is 1.00 e. The van der Waals surface area contributed by atoms with Crippen LogP contribution in [0.1, 0.15) is 44.7 Å². The van der Waals surface area contributed by atoms with Crippen molar-refractivity contribution in [2.24, 2.45) is 0 Å². The molecule has 0 unspecified atom stereocenters. The molecule has 138 valence electrons. The number of para-hydroxylation sites is 1. The molecule has 6 heteroatoms. The summed E-state index contributed by atoms with van der Waals surface area (Å²) in [6, 6.07) is 18.2. The van der Waals surface area contributed by atoms with Gasteiger partial charge in [-0.1, -0.05) is 67.8 Å². The summed E-state index contributed by atoms with van der Waals surface area (Å²) in [5.74, 6) is 0.793. The van der Waals surface area contributed by atoms with Crippen molar-refractivity contribution >= 4 is 10.1 Å². The third kappa shape index (κ3) is 9.74. The van der Waals surface area contributed by atoms with Gasteiger partial charge in [-0.05, 0) is 36.5 Å². The number of aryl methyl sites for hydroxylation is 1. The predicted molar refractivity (Wildman–Crippen MR) is 102 cm³/mol. The number of benzene rings is 2. The van der Waals surface area contributed by atoms with Gasteiger partial charge in [0.05, 0.1) is 5.75 Å². The number of hydrogen-bond donors (Lipinski definition) is 1. The maximum atomic E-state index is 10.6. The summed E-state index contributed by atoms with van der Waals surface area (Å²) in [5.41, 5.74) is 2.35. The van der Waals surface area contributed by atoms with Crippen LogP contribution < -0.4 is 34.3 Å². The number of hydrogen-bond acceptors (Lipinski definition) is 3. The van der Waals surface area contributed by atoms with Gasteiger partial charge in [0, 0.05) is 0 Å². The third-order valence-corrected chi connectivity index (χ3v) is 4.86. The average molecular weight is 386 g/mol. The molecule has 0 bridgehead atoms. The first-order valence-corrected chi connectivity index (χ1v) is 10.4. The van der Waals surface area contributed by atoms with E-state index in [2.05, 4.69) is 18.2 Å². The predicted octanol–water partition coefficient (Wildman–Crippen LogP) is 1.76. The van der Waals surface area contributed by atoms with Crippen molar-refractivity contribution in [3.63, 3.8) is 0 Å². The van der Waals surface area contributed by atoms with E-state index in [9.17, 15) is 8.42 Å². The van der Waals surface area contributed by atoms with Crippen LogP contribution in [0.5, 0.6) is 5.75 Å². The number of ether oxygens (including phenoxy) is 1. The van der Waals surface area contributed by atoms with Crippen LogP contribution in [0.15, 0.2) is 54.6 Å². The van der Waals surface area contributed by atoms with Crippen molar-refractivity contribution in [2.45, 2.75) is 45.1 Å². The second kappa shape index (κ2) is 12.5. The van der Waals surface area contributed by atoms with Crippen LogP contribution in [0, 0.1) is 0 Å². The van der Waals surface area contributed by atoms with E-state index >= 15 is 0 Å². The molecule has 0 saturated heterocycles. The summed E-state index contributed by atoms with van der Waals surface area (Å²) in [6.45, 7) is 0.563. The normalized spacial score (nSPS) is 11.0. The molecule has 0 amide bonds. The maximum Gasteiger partial charge on any atom is 1.00 e. The first-order valence-electron chi connectivity index (χ1n) is 8.74. The van der Waals surface area contributed by atoms with Gasteiger partial charge in [-0.3, -0.25) is 4.55 Å². The molecule has 2 rings (SSSR count). The molecular weight excluding hydrogens is 359 g/mol. The van der Waals surface area contributed by atoms with Crippen molar-refractivity contribution in [1.29, 1.82) is 0 Å². The molecule has 0 fully saturated rings. The van der Waals surface area contributed by atoms with Gasteiger partial charge in [-0.15, -0.1) is 0 Å². The molecule has 26 heavy (non-hydrogen) atoms. The summed E-state index contributed by atoms with van der Waals surface area (Å²) in [7, 11) is -3.81. The van der Waals surface area contributed by atoms with E-state index in [1.54, 1.807) is 0 Å². The molecule has 2 aromatic carbocycles. The SMILES string of the molecule is O=S(=O)(O)CCCCCCCc1ccccc1OCc1ccccc1.[H-].[Na+]. The first-order chi connectivity index (χ1) is 12.0. The van der Waals surface area contributed by atoms with Crippen LogP contribution in [-0.2, 0) is 23.1 Å².